The van der Waals surface area contributed by atoms with Crippen LogP contribution in [0.3, 0.4) is 0 Å². The molecule has 0 atom stereocenters. The van der Waals surface area contributed by atoms with Crippen molar-refractivity contribution < 1.29 is 51.0 Å². The summed E-state index contributed by atoms with van der Waals surface area (Å²) >= 11 is 0. The minimum absolute atomic E-state index is 0. The van der Waals surface area contributed by atoms with Crippen molar-refractivity contribution >= 4 is 21.8 Å². The fraction of sp³-hybridized carbons (Fsp3) is 0. The van der Waals surface area contributed by atoms with Gasteiger partial charge in [0.1, 0.15) is 0 Å². The van der Waals surface area contributed by atoms with Gasteiger partial charge in [0.05, 0.1) is 0 Å². The van der Waals surface area contributed by atoms with Crippen LogP contribution in [0.5, 0.6) is 0 Å². The largest absolute Gasteiger partial charge is 3.00 e. The van der Waals surface area contributed by atoms with Gasteiger partial charge in [-0.1, -0.05) is 23.7 Å². The predicted octanol–water partition coefficient (Wildman–Crippen LogP) is -2.87. The third kappa shape index (κ3) is 2.51. The monoisotopic (exact) mass is 326 g/mol. The zero-order valence-electron chi connectivity index (χ0n) is 8.30. The number of aromatic amines is 1. The summed E-state index contributed by atoms with van der Waals surface area (Å²) in [4.78, 5) is 3.32. The van der Waals surface area contributed by atoms with Gasteiger partial charge < -0.3 is 29.8 Å². The van der Waals surface area contributed by atoms with Gasteiger partial charge in [0.25, 0.3) is 0 Å². The molecule has 3 rings (SSSR count). The molecular formula is C12H8Cl2NZr. The Hall–Kier alpha value is -0.297. The van der Waals surface area contributed by atoms with E-state index >= 15 is 0 Å². The Morgan fingerprint density at radius 3 is 2.38 bits per heavy atom. The van der Waals surface area contributed by atoms with Crippen LogP contribution >= 0.6 is 0 Å². The Bertz CT molecular complexity index is 527. The van der Waals surface area contributed by atoms with Gasteiger partial charge in [-0.15, -0.1) is 5.39 Å². The molecule has 0 unspecified atom stereocenters. The molecule has 2 aromatic carbocycles. The zero-order chi connectivity index (χ0) is 8.67. The first kappa shape index (κ1) is 15.7. The second-order valence-electron chi connectivity index (χ2n) is 3.13. The molecule has 0 aliphatic rings. The molecule has 4 heteroatoms. The molecule has 1 N–H and O–H groups in total. The topological polar surface area (TPSA) is 15.8 Å². The van der Waals surface area contributed by atoms with Crippen LogP contribution in [0.2, 0.25) is 0 Å². The van der Waals surface area contributed by atoms with E-state index in [0.717, 1.165) is 5.52 Å². The average Bonchev–Trinajstić information content (AvgIpc) is 2.56. The number of halogens is 2. The number of fused-ring (bicyclic) bond motifs is 3. The average molecular weight is 328 g/mol. The summed E-state index contributed by atoms with van der Waals surface area (Å²) in [6.45, 7) is 0. The first-order valence-corrected chi connectivity index (χ1v) is 4.32. The van der Waals surface area contributed by atoms with Crippen LogP contribution in [0.25, 0.3) is 21.8 Å². The standard InChI is InChI=1S/C12H8N.2ClH.Zr/c1-3-7-11-9(5-1)10-6-2-4-8-12(10)13-11;;;/h1-7,13H;2*1H;/q-1;;;+3/p-2. The number of hydrogen-bond donors (Lipinski definition) is 1. The maximum absolute atomic E-state index is 3.32. The van der Waals surface area contributed by atoms with Gasteiger partial charge in [0, 0.05) is 5.52 Å². The van der Waals surface area contributed by atoms with E-state index in [2.05, 4.69) is 35.3 Å². The Balaban J connectivity index is 0.000000750. The van der Waals surface area contributed by atoms with E-state index in [9.17, 15) is 0 Å². The van der Waals surface area contributed by atoms with Gasteiger partial charge in [-0.25, -0.2) is 0 Å². The van der Waals surface area contributed by atoms with Crippen LogP contribution in [0.4, 0.5) is 0 Å². The molecule has 0 saturated carbocycles. The van der Waals surface area contributed by atoms with Gasteiger partial charge in [-0.05, 0) is 11.5 Å². The van der Waals surface area contributed by atoms with Gasteiger partial charge in [-0.2, -0.15) is 24.3 Å². The van der Waals surface area contributed by atoms with Gasteiger partial charge in [-0.3, -0.25) is 0 Å². The predicted molar refractivity (Wildman–Crippen MR) is 54.6 cm³/mol. The van der Waals surface area contributed by atoms with E-state index in [0.29, 0.717) is 0 Å². The third-order valence-electron chi connectivity index (χ3n) is 2.33. The SMILES string of the molecule is [Cl-].[Cl-].[Zr+3].[c-]1cccc2c1[nH]c1ccccc12. The molecule has 0 saturated heterocycles. The fourth-order valence-electron chi connectivity index (χ4n) is 1.73. The Kier molecular flexibility index (Phi) is 6.32. The van der Waals surface area contributed by atoms with Crippen molar-refractivity contribution in [3.8, 4) is 0 Å². The van der Waals surface area contributed by atoms with Crippen LogP contribution in [-0.4, -0.2) is 4.98 Å². The quantitative estimate of drug-likeness (QED) is 0.427. The van der Waals surface area contributed by atoms with Crippen molar-refractivity contribution in [2.75, 3.05) is 0 Å². The van der Waals surface area contributed by atoms with Crippen LogP contribution in [0, 0.1) is 6.07 Å². The van der Waals surface area contributed by atoms with Crippen LogP contribution in [-0.2, 0) is 26.2 Å². The van der Waals surface area contributed by atoms with E-state index in [1.807, 2.05) is 18.2 Å². The molecule has 1 radical (unpaired) electrons. The van der Waals surface area contributed by atoms with Crippen molar-refractivity contribution in [3.05, 3.63) is 48.5 Å². The van der Waals surface area contributed by atoms with E-state index in [1.165, 1.54) is 16.3 Å². The number of benzene rings is 2. The Labute approximate surface area is 126 Å². The van der Waals surface area contributed by atoms with Crippen molar-refractivity contribution in [1.82, 2.24) is 4.98 Å². The summed E-state index contributed by atoms with van der Waals surface area (Å²) in [5.41, 5.74) is 2.27. The van der Waals surface area contributed by atoms with Crippen LogP contribution in [0.1, 0.15) is 0 Å². The van der Waals surface area contributed by atoms with Crippen molar-refractivity contribution in [3.63, 3.8) is 0 Å². The maximum atomic E-state index is 3.32. The first-order valence-electron chi connectivity index (χ1n) is 4.32. The Morgan fingerprint density at radius 1 is 0.875 bits per heavy atom. The summed E-state index contributed by atoms with van der Waals surface area (Å²) in [6.07, 6.45) is 0. The molecule has 0 amide bonds. The molecule has 1 nitrogen and oxygen atoms in total. The molecular weight excluding hydrogens is 320 g/mol. The van der Waals surface area contributed by atoms with Gasteiger partial charge >= 0.3 is 26.2 Å². The molecule has 1 heterocycles. The summed E-state index contributed by atoms with van der Waals surface area (Å²) in [5.74, 6) is 0. The number of rotatable bonds is 0. The molecule has 0 spiro atoms. The summed E-state index contributed by atoms with van der Waals surface area (Å²) < 4.78 is 0. The maximum Gasteiger partial charge on any atom is 3.00 e. The second-order valence-corrected chi connectivity index (χ2v) is 3.13. The van der Waals surface area contributed by atoms with Crippen molar-refractivity contribution in [1.29, 1.82) is 0 Å². The second kappa shape index (κ2) is 6.44. The summed E-state index contributed by atoms with van der Waals surface area (Å²) in [5, 5.41) is 2.52. The number of aromatic nitrogens is 1. The van der Waals surface area contributed by atoms with Crippen LogP contribution < -0.4 is 24.8 Å². The van der Waals surface area contributed by atoms with Crippen molar-refractivity contribution in [2.24, 2.45) is 0 Å². The normalized spacial score (nSPS) is 9.00. The number of hydrogen-bond acceptors (Lipinski definition) is 0. The zero-order valence-corrected chi connectivity index (χ0v) is 12.3. The van der Waals surface area contributed by atoms with E-state index in [1.54, 1.807) is 0 Å². The smallest absolute Gasteiger partial charge is 1.00 e. The van der Waals surface area contributed by atoms with E-state index in [4.69, 9.17) is 0 Å². The van der Waals surface area contributed by atoms with Crippen LogP contribution in [0.15, 0.2) is 42.5 Å². The molecule has 79 valence electrons. The molecule has 0 bridgehead atoms. The molecule has 16 heavy (non-hydrogen) atoms. The molecule has 3 aromatic rings. The van der Waals surface area contributed by atoms with E-state index in [-0.39, 0.29) is 51.0 Å². The number of para-hydroxylation sites is 2. The minimum atomic E-state index is 0. The Morgan fingerprint density at radius 2 is 1.56 bits per heavy atom. The van der Waals surface area contributed by atoms with Crippen molar-refractivity contribution in [2.45, 2.75) is 0 Å². The first-order chi connectivity index (χ1) is 6.45. The number of H-pyrrole nitrogens is 1. The molecule has 0 aliphatic heterocycles. The molecule has 0 fully saturated rings. The fourth-order valence-corrected chi connectivity index (χ4v) is 1.73. The van der Waals surface area contributed by atoms with E-state index < -0.39 is 0 Å². The third-order valence-corrected chi connectivity index (χ3v) is 2.33. The molecule has 0 aliphatic carbocycles. The molecule has 1 aromatic heterocycles. The number of nitrogens with one attached hydrogen (secondary N) is 1. The summed E-state index contributed by atoms with van der Waals surface area (Å²) in [7, 11) is 0. The minimum Gasteiger partial charge on any atom is -1.00 e. The van der Waals surface area contributed by atoms with Gasteiger partial charge in [0.15, 0.2) is 0 Å². The summed E-state index contributed by atoms with van der Waals surface area (Å²) in [6, 6.07) is 17.6. The van der Waals surface area contributed by atoms with Gasteiger partial charge in [0.2, 0.25) is 0 Å².